The predicted molar refractivity (Wildman–Crippen MR) is 146 cm³/mol. The van der Waals surface area contributed by atoms with Crippen molar-refractivity contribution < 1.29 is 32.6 Å². The van der Waals surface area contributed by atoms with Crippen molar-refractivity contribution in [1.82, 2.24) is 0 Å². The van der Waals surface area contributed by atoms with Gasteiger partial charge in [0.2, 0.25) is 0 Å². The summed E-state index contributed by atoms with van der Waals surface area (Å²) in [5, 5.41) is 9.96. The Balaban J connectivity index is 1.75. The summed E-state index contributed by atoms with van der Waals surface area (Å²) >= 11 is 0.821. The number of anilines is 1. The standard InChI is InChI=1S/C30H26F3NO4S/c1-18(2)34(28(35)23-13-12-19(3)14-25(23)38-17-20-8-5-4-6-9-20)24-16-26(39-27(24)29(36)37)21-10-7-11-22(15-21)30(31,32)33/h4-16,18H,17H2,1-3H3,(H,36,37). The summed E-state index contributed by atoms with van der Waals surface area (Å²) in [4.78, 5) is 27.7. The van der Waals surface area contributed by atoms with Crippen LogP contribution in [0.5, 0.6) is 5.75 Å². The number of benzene rings is 3. The number of carboxylic acid groups (broad SMARTS) is 1. The second kappa shape index (κ2) is 11.3. The molecule has 3 aromatic carbocycles. The van der Waals surface area contributed by atoms with E-state index in [1.807, 2.05) is 37.3 Å². The number of halogens is 3. The van der Waals surface area contributed by atoms with Gasteiger partial charge < -0.3 is 14.7 Å². The molecule has 0 atom stereocenters. The van der Waals surface area contributed by atoms with Crippen LogP contribution in [0.4, 0.5) is 18.9 Å². The van der Waals surface area contributed by atoms with Gasteiger partial charge in [0, 0.05) is 10.9 Å². The summed E-state index contributed by atoms with van der Waals surface area (Å²) in [5.74, 6) is -1.42. The fraction of sp³-hybridized carbons (Fsp3) is 0.200. The molecule has 39 heavy (non-hydrogen) atoms. The predicted octanol–water partition coefficient (Wildman–Crippen LogP) is 8.07. The zero-order chi connectivity index (χ0) is 28.3. The van der Waals surface area contributed by atoms with Gasteiger partial charge >= 0.3 is 12.1 Å². The van der Waals surface area contributed by atoms with Crippen LogP contribution in [-0.4, -0.2) is 23.0 Å². The molecule has 1 aromatic heterocycles. The molecule has 1 N–H and O–H groups in total. The van der Waals surface area contributed by atoms with Crippen LogP contribution in [0.2, 0.25) is 0 Å². The maximum absolute atomic E-state index is 13.9. The summed E-state index contributed by atoms with van der Waals surface area (Å²) in [6.07, 6.45) is -4.55. The molecule has 0 bridgehead atoms. The fourth-order valence-corrected chi connectivity index (χ4v) is 5.10. The third-order valence-electron chi connectivity index (χ3n) is 5.98. The van der Waals surface area contributed by atoms with Crippen LogP contribution >= 0.6 is 11.3 Å². The molecule has 0 aliphatic heterocycles. The Bertz CT molecular complexity index is 1500. The van der Waals surface area contributed by atoms with Crippen molar-refractivity contribution in [3.8, 4) is 16.2 Å². The molecule has 202 valence electrons. The zero-order valence-corrected chi connectivity index (χ0v) is 22.3. The van der Waals surface area contributed by atoms with Gasteiger partial charge in [0.15, 0.2) is 0 Å². The molecule has 0 saturated heterocycles. The Hall–Kier alpha value is -4.11. The van der Waals surface area contributed by atoms with E-state index < -0.39 is 29.7 Å². The van der Waals surface area contributed by atoms with Gasteiger partial charge in [-0.15, -0.1) is 11.3 Å². The fourth-order valence-electron chi connectivity index (χ4n) is 4.12. The highest BCUT2D eigenvalue weighted by Gasteiger charge is 2.32. The van der Waals surface area contributed by atoms with Gasteiger partial charge in [-0.2, -0.15) is 13.2 Å². The molecule has 9 heteroatoms. The van der Waals surface area contributed by atoms with Crippen molar-refractivity contribution in [3.63, 3.8) is 0 Å². The first-order valence-corrected chi connectivity index (χ1v) is 12.9. The largest absolute Gasteiger partial charge is 0.488 e. The number of hydrogen-bond acceptors (Lipinski definition) is 4. The van der Waals surface area contributed by atoms with E-state index in [2.05, 4.69) is 0 Å². The normalized spacial score (nSPS) is 11.5. The molecule has 0 aliphatic carbocycles. The molecular formula is C30H26F3NO4S. The van der Waals surface area contributed by atoms with Crippen LogP contribution in [0.1, 0.15) is 50.6 Å². The number of nitrogens with zero attached hydrogens (tertiary/aromatic N) is 1. The Kier molecular flexibility index (Phi) is 8.11. The molecule has 1 heterocycles. The van der Waals surface area contributed by atoms with E-state index in [4.69, 9.17) is 4.74 Å². The highest BCUT2D eigenvalue weighted by Crippen LogP contribution is 2.40. The topological polar surface area (TPSA) is 66.8 Å². The van der Waals surface area contributed by atoms with E-state index >= 15 is 0 Å². The molecule has 0 saturated carbocycles. The van der Waals surface area contributed by atoms with Gasteiger partial charge in [-0.25, -0.2) is 4.79 Å². The number of aromatic carboxylic acids is 1. The lowest BCUT2D eigenvalue weighted by Gasteiger charge is -2.27. The average molecular weight is 554 g/mol. The number of thiophene rings is 1. The quantitative estimate of drug-likeness (QED) is 0.240. The minimum Gasteiger partial charge on any atom is -0.488 e. The van der Waals surface area contributed by atoms with Crippen LogP contribution < -0.4 is 9.64 Å². The summed E-state index contributed by atoms with van der Waals surface area (Å²) < 4.78 is 45.9. The number of ether oxygens (including phenoxy) is 1. The molecule has 1 amide bonds. The molecule has 4 aromatic rings. The third-order valence-corrected chi connectivity index (χ3v) is 7.14. The number of amides is 1. The molecule has 5 nitrogen and oxygen atoms in total. The minimum absolute atomic E-state index is 0.106. The molecule has 4 rings (SSSR count). The highest BCUT2D eigenvalue weighted by molar-refractivity contribution is 7.18. The molecule has 0 radical (unpaired) electrons. The van der Waals surface area contributed by atoms with Crippen molar-refractivity contribution in [3.05, 3.63) is 106 Å². The van der Waals surface area contributed by atoms with Crippen LogP contribution in [-0.2, 0) is 12.8 Å². The second-order valence-electron chi connectivity index (χ2n) is 9.25. The first kappa shape index (κ1) is 27.9. The molecule has 0 fully saturated rings. The van der Waals surface area contributed by atoms with E-state index in [9.17, 15) is 27.9 Å². The highest BCUT2D eigenvalue weighted by atomic mass is 32.1. The van der Waals surface area contributed by atoms with E-state index in [0.29, 0.717) is 10.6 Å². The van der Waals surface area contributed by atoms with Crippen LogP contribution in [0, 0.1) is 6.92 Å². The Labute approximate surface area is 228 Å². The minimum atomic E-state index is -4.55. The lowest BCUT2D eigenvalue weighted by molar-refractivity contribution is -0.137. The summed E-state index contributed by atoms with van der Waals surface area (Å²) in [6, 6.07) is 20.3. The summed E-state index contributed by atoms with van der Waals surface area (Å²) in [7, 11) is 0. The lowest BCUT2D eigenvalue weighted by Crippen LogP contribution is -2.37. The number of carbonyl (C=O) groups is 2. The van der Waals surface area contributed by atoms with Gasteiger partial charge in [-0.3, -0.25) is 4.79 Å². The average Bonchev–Trinajstić information content (AvgIpc) is 3.33. The molecular weight excluding hydrogens is 527 g/mol. The number of rotatable bonds is 8. The van der Waals surface area contributed by atoms with E-state index in [1.54, 1.807) is 32.0 Å². The Morgan fingerprint density at radius 3 is 2.33 bits per heavy atom. The van der Waals surface area contributed by atoms with Crippen molar-refractivity contribution >= 4 is 28.9 Å². The van der Waals surface area contributed by atoms with E-state index in [-0.39, 0.29) is 28.3 Å². The zero-order valence-electron chi connectivity index (χ0n) is 21.5. The number of hydrogen-bond donors (Lipinski definition) is 1. The summed E-state index contributed by atoms with van der Waals surface area (Å²) in [6.45, 7) is 5.57. The maximum Gasteiger partial charge on any atom is 0.416 e. The van der Waals surface area contributed by atoms with Crippen LogP contribution in [0.15, 0.2) is 78.9 Å². The van der Waals surface area contributed by atoms with Crippen molar-refractivity contribution in [2.45, 2.75) is 39.6 Å². The summed E-state index contributed by atoms with van der Waals surface area (Å²) in [5.41, 5.74) is 1.50. The smallest absolute Gasteiger partial charge is 0.416 e. The van der Waals surface area contributed by atoms with Crippen LogP contribution in [0.25, 0.3) is 10.4 Å². The van der Waals surface area contributed by atoms with Gasteiger partial charge in [0.1, 0.15) is 17.2 Å². The van der Waals surface area contributed by atoms with E-state index in [0.717, 1.165) is 34.6 Å². The maximum atomic E-state index is 13.9. The molecule has 0 aliphatic rings. The monoisotopic (exact) mass is 553 g/mol. The van der Waals surface area contributed by atoms with Gasteiger partial charge in [0.25, 0.3) is 5.91 Å². The second-order valence-corrected chi connectivity index (χ2v) is 10.3. The van der Waals surface area contributed by atoms with E-state index in [1.165, 1.54) is 23.1 Å². The number of aryl methyl sites for hydroxylation is 1. The Morgan fingerprint density at radius 2 is 1.69 bits per heavy atom. The molecule has 0 unspecified atom stereocenters. The van der Waals surface area contributed by atoms with Gasteiger partial charge in [0.05, 0.1) is 16.8 Å². The van der Waals surface area contributed by atoms with Gasteiger partial charge in [-0.05, 0) is 67.8 Å². The third kappa shape index (κ3) is 6.31. The number of alkyl halides is 3. The number of carboxylic acids is 1. The Morgan fingerprint density at radius 1 is 0.974 bits per heavy atom. The lowest BCUT2D eigenvalue weighted by atomic mass is 10.1. The first-order chi connectivity index (χ1) is 18.5. The van der Waals surface area contributed by atoms with Crippen molar-refractivity contribution in [2.75, 3.05) is 4.90 Å². The SMILES string of the molecule is Cc1ccc(C(=O)N(c2cc(-c3cccc(C(F)(F)F)c3)sc2C(=O)O)C(C)C)c(OCc2ccccc2)c1. The van der Waals surface area contributed by atoms with Crippen molar-refractivity contribution in [2.24, 2.45) is 0 Å². The van der Waals surface area contributed by atoms with Crippen LogP contribution in [0.3, 0.4) is 0 Å². The van der Waals surface area contributed by atoms with Crippen molar-refractivity contribution in [1.29, 1.82) is 0 Å². The number of carbonyl (C=O) groups excluding carboxylic acids is 1. The van der Waals surface area contributed by atoms with Gasteiger partial charge in [-0.1, -0.05) is 48.5 Å². The first-order valence-electron chi connectivity index (χ1n) is 12.1. The molecule has 0 spiro atoms.